The molecule has 1 aliphatic heterocycles. The van der Waals surface area contributed by atoms with Crippen LogP contribution in [0.3, 0.4) is 0 Å². The highest BCUT2D eigenvalue weighted by Gasteiger charge is 2.28. The van der Waals surface area contributed by atoms with E-state index in [1.165, 1.54) is 0 Å². The number of ether oxygens (including phenoxy) is 2. The van der Waals surface area contributed by atoms with Gasteiger partial charge in [0.15, 0.2) is 6.61 Å². The zero-order valence-corrected chi connectivity index (χ0v) is 15.9. The third-order valence-electron chi connectivity index (χ3n) is 4.58. The number of esters is 1. The van der Waals surface area contributed by atoms with E-state index in [9.17, 15) is 9.59 Å². The molecule has 142 valence electrons. The third kappa shape index (κ3) is 5.23. The number of halogens is 1. The summed E-state index contributed by atoms with van der Waals surface area (Å²) in [7, 11) is 0. The number of nitrogens with one attached hydrogen (secondary N) is 1. The number of fused-ring (bicyclic) bond motifs is 1. The number of benzene rings is 2. The summed E-state index contributed by atoms with van der Waals surface area (Å²) in [6.45, 7) is 2.46. The highest BCUT2D eigenvalue weighted by Crippen LogP contribution is 2.30. The minimum Gasteiger partial charge on any atom is -0.492 e. The van der Waals surface area contributed by atoms with Crippen molar-refractivity contribution in [3.63, 3.8) is 0 Å². The van der Waals surface area contributed by atoms with E-state index in [0.29, 0.717) is 18.0 Å². The van der Waals surface area contributed by atoms with Crippen molar-refractivity contribution in [3.05, 3.63) is 64.7 Å². The van der Waals surface area contributed by atoms with E-state index >= 15 is 0 Å². The summed E-state index contributed by atoms with van der Waals surface area (Å²) in [4.78, 5) is 24.2. The zero-order valence-electron chi connectivity index (χ0n) is 15.1. The molecule has 0 aliphatic carbocycles. The molecule has 1 amide bonds. The molecule has 27 heavy (non-hydrogen) atoms. The highest BCUT2D eigenvalue weighted by molar-refractivity contribution is 6.30. The van der Waals surface area contributed by atoms with Crippen molar-refractivity contribution in [1.82, 2.24) is 5.32 Å². The first kappa shape index (κ1) is 19.2. The van der Waals surface area contributed by atoms with Crippen LogP contribution in [0.4, 0.5) is 0 Å². The number of amides is 1. The summed E-state index contributed by atoms with van der Waals surface area (Å²) in [6.07, 6.45) is 0.487. The summed E-state index contributed by atoms with van der Waals surface area (Å²) in [5.41, 5.74) is 2.02. The SMILES string of the molecule is C[C@H](CNC(=O)COC(=O)[C@@H]1COc2ccc(Cl)cc2C1)c1ccccc1. The second-order valence-corrected chi connectivity index (χ2v) is 7.12. The van der Waals surface area contributed by atoms with Gasteiger partial charge in [-0.05, 0) is 41.7 Å². The van der Waals surface area contributed by atoms with E-state index in [2.05, 4.69) is 5.32 Å². The second kappa shape index (κ2) is 8.91. The van der Waals surface area contributed by atoms with Crippen LogP contribution in [0.5, 0.6) is 5.75 Å². The molecule has 2 aromatic carbocycles. The van der Waals surface area contributed by atoms with E-state index in [1.54, 1.807) is 18.2 Å². The molecule has 1 N–H and O–H groups in total. The smallest absolute Gasteiger partial charge is 0.313 e. The Morgan fingerprint density at radius 1 is 1.26 bits per heavy atom. The van der Waals surface area contributed by atoms with Crippen molar-refractivity contribution < 1.29 is 19.1 Å². The molecule has 2 aromatic rings. The van der Waals surface area contributed by atoms with Crippen LogP contribution in [0, 0.1) is 5.92 Å². The van der Waals surface area contributed by atoms with Crippen LogP contribution in [0.2, 0.25) is 5.02 Å². The van der Waals surface area contributed by atoms with Crippen LogP contribution in [0.25, 0.3) is 0 Å². The van der Waals surface area contributed by atoms with E-state index in [-0.39, 0.29) is 25.0 Å². The Balaban J connectivity index is 1.43. The summed E-state index contributed by atoms with van der Waals surface area (Å²) >= 11 is 5.99. The van der Waals surface area contributed by atoms with E-state index in [4.69, 9.17) is 21.1 Å². The molecule has 0 saturated carbocycles. The maximum absolute atomic E-state index is 12.2. The number of rotatable bonds is 6. The molecule has 0 spiro atoms. The molecule has 5 nitrogen and oxygen atoms in total. The van der Waals surface area contributed by atoms with Gasteiger partial charge in [-0.1, -0.05) is 48.9 Å². The minimum absolute atomic E-state index is 0.179. The van der Waals surface area contributed by atoms with Crippen molar-refractivity contribution in [3.8, 4) is 5.75 Å². The Morgan fingerprint density at radius 3 is 2.81 bits per heavy atom. The molecule has 0 bridgehead atoms. The van der Waals surface area contributed by atoms with Gasteiger partial charge in [0.05, 0.1) is 5.92 Å². The van der Waals surface area contributed by atoms with E-state index < -0.39 is 11.9 Å². The van der Waals surface area contributed by atoms with Crippen molar-refractivity contribution in [2.45, 2.75) is 19.3 Å². The average molecular weight is 388 g/mol. The normalized spacial score (nSPS) is 16.6. The van der Waals surface area contributed by atoms with Crippen LogP contribution >= 0.6 is 11.6 Å². The largest absolute Gasteiger partial charge is 0.492 e. The monoisotopic (exact) mass is 387 g/mol. The molecule has 1 aliphatic rings. The van der Waals surface area contributed by atoms with E-state index in [0.717, 1.165) is 16.9 Å². The van der Waals surface area contributed by atoms with Gasteiger partial charge in [0.1, 0.15) is 12.4 Å². The first-order valence-electron chi connectivity index (χ1n) is 8.92. The molecule has 0 aromatic heterocycles. The highest BCUT2D eigenvalue weighted by atomic mass is 35.5. The lowest BCUT2D eigenvalue weighted by Crippen LogP contribution is -2.35. The summed E-state index contributed by atoms with van der Waals surface area (Å²) in [5, 5.41) is 3.39. The van der Waals surface area contributed by atoms with Gasteiger partial charge in [0.25, 0.3) is 5.91 Å². The Hall–Kier alpha value is -2.53. The van der Waals surface area contributed by atoms with Crippen molar-refractivity contribution >= 4 is 23.5 Å². The van der Waals surface area contributed by atoms with Crippen LogP contribution in [0.15, 0.2) is 48.5 Å². The second-order valence-electron chi connectivity index (χ2n) is 6.69. The maximum atomic E-state index is 12.2. The fourth-order valence-corrected chi connectivity index (χ4v) is 3.18. The lowest BCUT2D eigenvalue weighted by Gasteiger charge is -2.24. The maximum Gasteiger partial charge on any atom is 0.313 e. The average Bonchev–Trinajstić information content (AvgIpc) is 2.70. The number of carbonyl (C=O) groups excluding carboxylic acids is 2. The fraction of sp³-hybridized carbons (Fsp3) is 0.333. The molecular weight excluding hydrogens is 366 g/mol. The molecular formula is C21H22ClNO4. The minimum atomic E-state index is -0.438. The lowest BCUT2D eigenvalue weighted by molar-refractivity contribution is -0.153. The van der Waals surface area contributed by atoms with Gasteiger partial charge in [0.2, 0.25) is 0 Å². The van der Waals surface area contributed by atoms with Crippen LogP contribution in [-0.4, -0.2) is 31.6 Å². The van der Waals surface area contributed by atoms with Crippen molar-refractivity contribution in [1.29, 1.82) is 0 Å². The van der Waals surface area contributed by atoms with Gasteiger partial charge in [-0.15, -0.1) is 0 Å². The third-order valence-corrected chi connectivity index (χ3v) is 4.82. The summed E-state index contributed by atoms with van der Waals surface area (Å²) < 4.78 is 10.7. The molecule has 0 saturated heterocycles. The quantitative estimate of drug-likeness (QED) is 0.772. The predicted octanol–water partition coefficient (Wildman–Crippen LogP) is 3.35. The van der Waals surface area contributed by atoms with Gasteiger partial charge in [-0.3, -0.25) is 9.59 Å². The number of hydrogen-bond donors (Lipinski definition) is 1. The van der Waals surface area contributed by atoms with Gasteiger partial charge < -0.3 is 14.8 Å². The fourth-order valence-electron chi connectivity index (χ4n) is 2.99. The van der Waals surface area contributed by atoms with E-state index in [1.807, 2.05) is 37.3 Å². The molecule has 0 unspecified atom stereocenters. The van der Waals surface area contributed by atoms with Gasteiger partial charge in [0, 0.05) is 11.6 Å². The standard InChI is InChI=1S/C21H22ClNO4/c1-14(15-5-3-2-4-6-15)11-23-20(24)13-27-21(25)17-9-16-10-18(22)7-8-19(16)26-12-17/h2-8,10,14,17H,9,11-13H2,1H3,(H,23,24)/t14-,17+/m1/s1. The summed E-state index contributed by atoms with van der Waals surface area (Å²) in [6, 6.07) is 15.2. The first-order chi connectivity index (χ1) is 13.0. The molecule has 0 radical (unpaired) electrons. The van der Waals surface area contributed by atoms with Crippen LogP contribution in [-0.2, 0) is 20.7 Å². The Kier molecular flexibility index (Phi) is 6.35. The Labute approximate surface area is 163 Å². The Bertz CT molecular complexity index is 809. The van der Waals surface area contributed by atoms with Crippen LogP contribution in [0.1, 0.15) is 24.0 Å². The first-order valence-corrected chi connectivity index (χ1v) is 9.30. The molecule has 1 heterocycles. The Morgan fingerprint density at radius 2 is 2.04 bits per heavy atom. The van der Waals surface area contributed by atoms with Gasteiger partial charge >= 0.3 is 5.97 Å². The van der Waals surface area contributed by atoms with Gasteiger partial charge in [-0.25, -0.2) is 0 Å². The van der Waals surface area contributed by atoms with Crippen molar-refractivity contribution in [2.24, 2.45) is 5.92 Å². The number of carbonyl (C=O) groups is 2. The number of hydrogen-bond acceptors (Lipinski definition) is 4. The lowest BCUT2D eigenvalue weighted by atomic mass is 9.97. The molecule has 6 heteroatoms. The molecule has 2 atom stereocenters. The van der Waals surface area contributed by atoms with Crippen molar-refractivity contribution in [2.75, 3.05) is 19.8 Å². The predicted molar refractivity (Wildman–Crippen MR) is 103 cm³/mol. The van der Waals surface area contributed by atoms with Crippen LogP contribution < -0.4 is 10.1 Å². The summed E-state index contributed by atoms with van der Waals surface area (Å²) in [5.74, 6) is -0.278. The zero-order chi connectivity index (χ0) is 19.2. The van der Waals surface area contributed by atoms with Gasteiger partial charge in [-0.2, -0.15) is 0 Å². The molecule has 0 fully saturated rings. The topological polar surface area (TPSA) is 64.6 Å². The molecule has 3 rings (SSSR count).